The number of fused-ring (bicyclic) bond motifs is 1. The maximum Gasteiger partial charge on any atom is 0.573 e. The number of hydrogen-bond donors (Lipinski definition) is 0. The Hall–Kier alpha value is -2.04. The second-order valence-corrected chi connectivity index (χ2v) is 6.73. The third-order valence-corrected chi connectivity index (χ3v) is 4.77. The van der Waals surface area contributed by atoms with Crippen LogP contribution in [0.25, 0.3) is 0 Å². The molecular weight excluding hydrogens is 332 g/mol. The first-order valence-electron chi connectivity index (χ1n) is 8.43. The number of ether oxygens (including phenoxy) is 1. The van der Waals surface area contributed by atoms with E-state index in [9.17, 15) is 17.6 Å². The van der Waals surface area contributed by atoms with Crippen molar-refractivity contribution in [2.24, 2.45) is 5.92 Å². The van der Waals surface area contributed by atoms with Crippen molar-refractivity contribution in [1.82, 2.24) is 0 Å². The summed E-state index contributed by atoms with van der Waals surface area (Å²) >= 11 is 0. The third-order valence-electron chi connectivity index (χ3n) is 4.77. The minimum absolute atomic E-state index is 0.419. The van der Waals surface area contributed by atoms with Crippen molar-refractivity contribution in [2.75, 3.05) is 0 Å². The van der Waals surface area contributed by atoms with Crippen LogP contribution < -0.4 is 4.74 Å². The lowest BCUT2D eigenvalue weighted by Gasteiger charge is -2.25. The van der Waals surface area contributed by atoms with E-state index in [2.05, 4.69) is 29.0 Å². The molecule has 0 saturated carbocycles. The summed E-state index contributed by atoms with van der Waals surface area (Å²) in [7, 11) is 0. The maximum absolute atomic E-state index is 13.9. The zero-order valence-corrected chi connectivity index (χ0v) is 14.0. The first kappa shape index (κ1) is 17.8. The Morgan fingerprint density at radius 1 is 1.08 bits per heavy atom. The first-order chi connectivity index (χ1) is 11.8. The maximum atomic E-state index is 13.9. The van der Waals surface area contributed by atoms with Gasteiger partial charge in [-0.15, -0.1) is 13.2 Å². The van der Waals surface area contributed by atoms with Crippen molar-refractivity contribution in [3.63, 3.8) is 0 Å². The van der Waals surface area contributed by atoms with Crippen LogP contribution in [0.5, 0.6) is 5.75 Å². The lowest BCUT2D eigenvalue weighted by Crippen LogP contribution is -2.20. The van der Waals surface area contributed by atoms with Gasteiger partial charge in [-0.2, -0.15) is 0 Å². The summed E-state index contributed by atoms with van der Waals surface area (Å²) in [5.41, 5.74) is 4.05. The van der Waals surface area contributed by atoms with Gasteiger partial charge in [-0.3, -0.25) is 0 Å². The molecule has 0 aromatic heterocycles. The molecule has 0 radical (unpaired) electrons. The Balaban J connectivity index is 1.65. The van der Waals surface area contributed by atoms with E-state index < -0.39 is 17.9 Å². The summed E-state index contributed by atoms with van der Waals surface area (Å²) in [4.78, 5) is 0. The van der Waals surface area contributed by atoms with Crippen LogP contribution in [0.1, 0.15) is 35.1 Å². The number of rotatable bonds is 4. The molecule has 2 aromatic carbocycles. The molecular formula is C20H20F4O. The van der Waals surface area contributed by atoms with Gasteiger partial charge >= 0.3 is 6.36 Å². The average Bonchev–Trinajstić information content (AvgIpc) is 2.54. The highest BCUT2D eigenvalue weighted by Gasteiger charge is 2.33. The Morgan fingerprint density at radius 2 is 1.80 bits per heavy atom. The SMILES string of the molecule is Cc1ccc(CCC2CCc3cc(OC(F)(F)F)c(F)cc3C2)cc1. The number of benzene rings is 2. The van der Waals surface area contributed by atoms with Gasteiger partial charge < -0.3 is 4.74 Å². The smallest absolute Gasteiger partial charge is 0.403 e. The third kappa shape index (κ3) is 4.74. The average molecular weight is 352 g/mol. The van der Waals surface area contributed by atoms with Crippen molar-refractivity contribution in [1.29, 1.82) is 0 Å². The van der Waals surface area contributed by atoms with E-state index in [1.54, 1.807) is 0 Å². The fourth-order valence-electron chi connectivity index (χ4n) is 3.41. The molecule has 1 atom stereocenters. The Morgan fingerprint density at radius 3 is 2.48 bits per heavy atom. The molecule has 0 N–H and O–H groups in total. The molecule has 134 valence electrons. The number of alkyl halides is 3. The standard InChI is InChI=1S/C20H20F4O/c1-13-2-4-14(5-3-13)6-7-15-8-9-16-12-19(25-20(22,23)24)18(21)11-17(16)10-15/h2-5,11-12,15H,6-10H2,1H3. The van der Waals surface area contributed by atoms with Gasteiger partial charge in [0.25, 0.3) is 0 Å². The zero-order chi connectivity index (χ0) is 18.0. The van der Waals surface area contributed by atoms with Crippen molar-refractivity contribution < 1.29 is 22.3 Å². The predicted octanol–water partition coefficient (Wildman–Crippen LogP) is 5.77. The summed E-state index contributed by atoms with van der Waals surface area (Å²) in [6, 6.07) is 10.8. The Kier molecular flexibility index (Phi) is 5.02. The van der Waals surface area contributed by atoms with E-state index in [0.717, 1.165) is 30.4 Å². The van der Waals surface area contributed by atoms with Crippen molar-refractivity contribution >= 4 is 0 Å². The van der Waals surface area contributed by atoms with Gasteiger partial charge in [0.2, 0.25) is 0 Å². The van der Waals surface area contributed by atoms with Gasteiger partial charge in [0.05, 0.1) is 0 Å². The van der Waals surface area contributed by atoms with E-state index in [0.29, 0.717) is 18.8 Å². The predicted molar refractivity (Wildman–Crippen MR) is 88.1 cm³/mol. The highest BCUT2D eigenvalue weighted by atomic mass is 19.4. The van der Waals surface area contributed by atoms with Crippen LogP contribution in [-0.4, -0.2) is 6.36 Å². The molecule has 1 aliphatic carbocycles. The molecule has 1 aliphatic rings. The molecule has 0 aliphatic heterocycles. The number of halogens is 4. The minimum atomic E-state index is -4.87. The highest BCUT2D eigenvalue weighted by Crippen LogP contribution is 2.34. The van der Waals surface area contributed by atoms with Crippen LogP contribution >= 0.6 is 0 Å². The molecule has 1 nitrogen and oxygen atoms in total. The van der Waals surface area contributed by atoms with Gasteiger partial charge in [0, 0.05) is 0 Å². The molecule has 5 heteroatoms. The van der Waals surface area contributed by atoms with Crippen molar-refractivity contribution in [3.05, 3.63) is 64.5 Å². The lowest BCUT2D eigenvalue weighted by molar-refractivity contribution is -0.275. The molecule has 25 heavy (non-hydrogen) atoms. The van der Waals surface area contributed by atoms with Crippen LogP contribution in [0, 0.1) is 18.7 Å². The van der Waals surface area contributed by atoms with Gasteiger partial charge in [0.1, 0.15) is 0 Å². The zero-order valence-electron chi connectivity index (χ0n) is 14.0. The fraction of sp³-hybridized carbons (Fsp3) is 0.400. The van der Waals surface area contributed by atoms with E-state index in [1.807, 2.05) is 6.92 Å². The first-order valence-corrected chi connectivity index (χ1v) is 8.43. The highest BCUT2D eigenvalue weighted by molar-refractivity contribution is 5.39. The van der Waals surface area contributed by atoms with E-state index in [4.69, 9.17) is 0 Å². The topological polar surface area (TPSA) is 9.23 Å². The summed E-state index contributed by atoms with van der Waals surface area (Å²) in [5.74, 6) is -1.26. The molecule has 2 aromatic rings. The molecule has 0 heterocycles. The summed E-state index contributed by atoms with van der Waals surface area (Å²) in [6.07, 6.45) is -0.675. The van der Waals surface area contributed by atoms with Gasteiger partial charge in [-0.25, -0.2) is 4.39 Å². The van der Waals surface area contributed by atoms with Crippen LogP contribution in [0.4, 0.5) is 17.6 Å². The monoisotopic (exact) mass is 352 g/mol. The summed E-state index contributed by atoms with van der Waals surface area (Å²) in [6.45, 7) is 2.05. The van der Waals surface area contributed by atoms with Crippen molar-refractivity contribution in [2.45, 2.75) is 45.4 Å². The minimum Gasteiger partial charge on any atom is -0.403 e. The van der Waals surface area contributed by atoms with E-state index >= 15 is 0 Å². The fourth-order valence-corrected chi connectivity index (χ4v) is 3.41. The molecule has 0 saturated heterocycles. The van der Waals surface area contributed by atoms with Crippen molar-refractivity contribution in [3.8, 4) is 5.75 Å². The number of hydrogen-bond acceptors (Lipinski definition) is 1. The Bertz CT molecular complexity index is 735. The number of aryl methyl sites for hydroxylation is 3. The molecule has 0 fully saturated rings. The van der Waals surface area contributed by atoms with Crippen LogP contribution in [0.15, 0.2) is 36.4 Å². The second kappa shape index (κ2) is 7.06. The molecule has 3 rings (SSSR count). The summed E-state index contributed by atoms with van der Waals surface area (Å²) in [5, 5.41) is 0. The normalized spacial score (nSPS) is 17.2. The second-order valence-electron chi connectivity index (χ2n) is 6.73. The van der Waals surface area contributed by atoms with E-state index in [1.165, 1.54) is 23.3 Å². The molecule has 0 bridgehead atoms. The van der Waals surface area contributed by atoms with Crippen LogP contribution in [-0.2, 0) is 19.3 Å². The Labute approximate surface area is 144 Å². The largest absolute Gasteiger partial charge is 0.573 e. The molecule has 0 spiro atoms. The van der Waals surface area contributed by atoms with Gasteiger partial charge in [-0.1, -0.05) is 29.8 Å². The summed E-state index contributed by atoms with van der Waals surface area (Å²) < 4.78 is 54.6. The van der Waals surface area contributed by atoms with Gasteiger partial charge in [-0.05, 0) is 73.8 Å². The van der Waals surface area contributed by atoms with Gasteiger partial charge in [0.15, 0.2) is 11.6 Å². The van der Waals surface area contributed by atoms with Crippen LogP contribution in [0.2, 0.25) is 0 Å². The lowest BCUT2D eigenvalue weighted by atomic mass is 9.81. The molecule has 0 amide bonds. The van der Waals surface area contributed by atoms with E-state index in [-0.39, 0.29) is 0 Å². The molecule has 1 unspecified atom stereocenters. The van der Waals surface area contributed by atoms with Crippen LogP contribution in [0.3, 0.4) is 0 Å². The quantitative estimate of drug-likeness (QED) is 0.635.